The molecule has 3 atom stereocenters. The lowest BCUT2D eigenvalue weighted by molar-refractivity contribution is 0.00897. The molecule has 8 heteroatoms. The number of hydrogen-bond donors (Lipinski definition) is 2. The molecule has 3 rings (SSSR count). The van der Waals surface area contributed by atoms with Crippen molar-refractivity contribution in [2.24, 2.45) is 5.92 Å². The molecule has 23 heavy (non-hydrogen) atoms. The number of hydrogen-bond acceptors (Lipinski definition) is 6. The number of thiophene rings is 1. The summed E-state index contributed by atoms with van der Waals surface area (Å²) in [7, 11) is -3.59. The van der Waals surface area contributed by atoms with E-state index in [9.17, 15) is 13.5 Å². The zero-order valence-corrected chi connectivity index (χ0v) is 14.9. The van der Waals surface area contributed by atoms with E-state index in [2.05, 4.69) is 16.5 Å². The number of nitrogens with zero attached hydrogens (tertiary/aromatic N) is 1. The van der Waals surface area contributed by atoms with E-state index < -0.39 is 22.2 Å². The van der Waals surface area contributed by atoms with Crippen LogP contribution in [0.2, 0.25) is 0 Å². The Morgan fingerprint density at radius 1 is 1.43 bits per heavy atom. The second-order valence-electron chi connectivity index (χ2n) is 6.53. The highest BCUT2D eigenvalue weighted by Crippen LogP contribution is 2.22. The van der Waals surface area contributed by atoms with E-state index in [4.69, 9.17) is 4.74 Å². The van der Waals surface area contributed by atoms with Gasteiger partial charge in [-0.15, -0.1) is 0 Å². The Kier molecular flexibility index (Phi) is 5.39. The van der Waals surface area contributed by atoms with Crippen LogP contribution in [0.15, 0.2) is 21.7 Å². The quantitative estimate of drug-likeness (QED) is 0.815. The van der Waals surface area contributed by atoms with Crippen LogP contribution in [-0.2, 0) is 14.8 Å². The van der Waals surface area contributed by atoms with Crippen LogP contribution < -0.4 is 4.72 Å². The molecule has 0 radical (unpaired) electrons. The summed E-state index contributed by atoms with van der Waals surface area (Å²) in [6, 6.07) is 0.968. The van der Waals surface area contributed by atoms with Crippen molar-refractivity contribution in [2.45, 2.75) is 42.9 Å². The number of likely N-dealkylation sites (tertiary alicyclic amines) is 1. The minimum Gasteiger partial charge on any atom is -0.389 e. The lowest BCUT2D eigenvalue weighted by atomic mass is 9.98. The fraction of sp³-hybridized carbons (Fsp3) is 0.733. The summed E-state index contributed by atoms with van der Waals surface area (Å²) in [6.07, 6.45) is 1.18. The van der Waals surface area contributed by atoms with Gasteiger partial charge in [-0.05, 0) is 43.3 Å². The molecular formula is C15H24N2O4S2. The van der Waals surface area contributed by atoms with E-state index >= 15 is 0 Å². The number of aliphatic hydroxyl groups is 1. The largest absolute Gasteiger partial charge is 0.389 e. The molecule has 130 valence electrons. The van der Waals surface area contributed by atoms with Gasteiger partial charge in [0, 0.05) is 11.9 Å². The SMILES string of the molecule is CC1CCN(CC2OCC(NS(=O)(=O)c3ccsc3)C2O)CC1. The van der Waals surface area contributed by atoms with Crippen molar-refractivity contribution >= 4 is 21.4 Å². The lowest BCUT2D eigenvalue weighted by Crippen LogP contribution is -2.47. The van der Waals surface area contributed by atoms with Crippen molar-refractivity contribution < 1.29 is 18.3 Å². The summed E-state index contributed by atoms with van der Waals surface area (Å²) in [6.45, 7) is 5.15. The molecular weight excluding hydrogens is 336 g/mol. The molecule has 0 amide bonds. The first-order valence-electron chi connectivity index (χ1n) is 8.02. The minimum atomic E-state index is -3.59. The monoisotopic (exact) mass is 360 g/mol. The molecule has 2 aliphatic rings. The Balaban J connectivity index is 1.55. The number of nitrogens with one attached hydrogen (secondary N) is 1. The van der Waals surface area contributed by atoms with Crippen molar-refractivity contribution in [3.63, 3.8) is 0 Å². The summed E-state index contributed by atoms with van der Waals surface area (Å²) in [4.78, 5) is 2.53. The maximum absolute atomic E-state index is 12.2. The molecule has 3 unspecified atom stereocenters. The molecule has 0 aliphatic carbocycles. The van der Waals surface area contributed by atoms with E-state index in [-0.39, 0.29) is 17.6 Å². The van der Waals surface area contributed by atoms with Crippen LogP contribution in [0.4, 0.5) is 0 Å². The maximum Gasteiger partial charge on any atom is 0.241 e. The van der Waals surface area contributed by atoms with E-state index in [1.54, 1.807) is 16.8 Å². The zero-order valence-electron chi connectivity index (χ0n) is 13.2. The topological polar surface area (TPSA) is 78.9 Å². The number of ether oxygens (including phenoxy) is 1. The predicted molar refractivity (Wildman–Crippen MR) is 89.0 cm³/mol. The predicted octanol–water partition coefficient (Wildman–Crippen LogP) is 0.887. The Labute approximate surface area is 141 Å². The Morgan fingerprint density at radius 2 is 2.17 bits per heavy atom. The highest BCUT2D eigenvalue weighted by atomic mass is 32.2. The van der Waals surface area contributed by atoms with E-state index in [0.717, 1.165) is 31.8 Å². The van der Waals surface area contributed by atoms with Crippen LogP contribution >= 0.6 is 11.3 Å². The van der Waals surface area contributed by atoms with E-state index in [1.165, 1.54) is 11.3 Å². The Morgan fingerprint density at radius 3 is 2.83 bits per heavy atom. The molecule has 1 aromatic heterocycles. The summed E-state index contributed by atoms with van der Waals surface area (Å²) in [5.74, 6) is 0.755. The van der Waals surface area contributed by atoms with Gasteiger partial charge in [0.2, 0.25) is 10.0 Å². The van der Waals surface area contributed by atoms with Crippen molar-refractivity contribution in [3.8, 4) is 0 Å². The molecule has 6 nitrogen and oxygen atoms in total. The normalized spacial score (nSPS) is 30.8. The first kappa shape index (κ1) is 17.3. The third kappa shape index (κ3) is 4.12. The molecule has 2 N–H and O–H groups in total. The molecule has 1 aromatic rings. The summed E-state index contributed by atoms with van der Waals surface area (Å²) in [5.41, 5.74) is 0. The fourth-order valence-corrected chi connectivity index (χ4v) is 5.38. The molecule has 0 bridgehead atoms. The zero-order chi connectivity index (χ0) is 16.4. The van der Waals surface area contributed by atoms with Crippen molar-refractivity contribution in [1.82, 2.24) is 9.62 Å². The van der Waals surface area contributed by atoms with Crippen LogP contribution in [0.25, 0.3) is 0 Å². The third-order valence-corrected chi connectivity index (χ3v) is 7.03. The maximum atomic E-state index is 12.2. The molecule has 3 heterocycles. The standard InChI is InChI=1S/C15H24N2O4S2/c1-11-2-5-17(6-3-11)8-14-15(18)13(9-21-14)16-23(19,20)12-4-7-22-10-12/h4,7,10-11,13-16,18H,2-3,5-6,8-9H2,1H3. The van der Waals surface area contributed by atoms with Gasteiger partial charge in [0.1, 0.15) is 0 Å². The summed E-state index contributed by atoms with van der Waals surface area (Å²) in [5, 5.41) is 13.7. The summed E-state index contributed by atoms with van der Waals surface area (Å²) >= 11 is 1.33. The fourth-order valence-electron chi connectivity index (χ4n) is 3.12. The van der Waals surface area contributed by atoms with Crippen LogP contribution in [0.3, 0.4) is 0 Å². The average Bonchev–Trinajstić information content (AvgIpc) is 3.15. The number of aliphatic hydroxyl groups excluding tert-OH is 1. The molecule has 2 fully saturated rings. The van der Waals surface area contributed by atoms with Crippen molar-refractivity contribution in [1.29, 1.82) is 0 Å². The molecule has 2 aliphatic heterocycles. The van der Waals surface area contributed by atoms with Crippen LogP contribution in [-0.4, -0.2) is 62.9 Å². The molecule has 0 spiro atoms. The average molecular weight is 361 g/mol. The van der Waals surface area contributed by atoms with Gasteiger partial charge in [0.05, 0.1) is 29.8 Å². The van der Waals surface area contributed by atoms with Crippen LogP contribution in [0.5, 0.6) is 0 Å². The molecule has 0 saturated carbocycles. The van der Waals surface area contributed by atoms with Gasteiger partial charge in [-0.1, -0.05) is 6.92 Å². The van der Waals surface area contributed by atoms with Crippen molar-refractivity contribution in [2.75, 3.05) is 26.2 Å². The van der Waals surface area contributed by atoms with E-state index in [0.29, 0.717) is 6.54 Å². The van der Waals surface area contributed by atoms with Crippen LogP contribution in [0, 0.1) is 5.92 Å². The molecule has 2 saturated heterocycles. The number of rotatable bonds is 5. The molecule has 0 aromatic carbocycles. The van der Waals surface area contributed by atoms with Gasteiger partial charge in [0.25, 0.3) is 0 Å². The third-order valence-electron chi connectivity index (χ3n) is 4.71. The lowest BCUT2D eigenvalue weighted by Gasteiger charge is -2.32. The first-order chi connectivity index (χ1) is 11.0. The number of piperidine rings is 1. The van der Waals surface area contributed by atoms with Gasteiger partial charge in [-0.2, -0.15) is 11.3 Å². The van der Waals surface area contributed by atoms with Gasteiger partial charge in [0.15, 0.2) is 0 Å². The van der Waals surface area contributed by atoms with E-state index in [1.807, 2.05) is 0 Å². The Bertz CT molecular complexity index is 597. The second-order valence-corrected chi connectivity index (χ2v) is 9.03. The summed E-state index contributed by atoms with van der Waals surface area (Å²) < 4.78 is 32.7. The highest BCUT2D eigenvalue weighted by molar-refractivity contribution is 7.89. The smallest absolute Gasteiger partial charge is 0.241 e. The van der Waals surface area contributed by atoms with Gasteiger partial charge in [-0.25, -0.2) is 13.1 Å². The van der Waals surface area contributed by atoms with Crippen molar-refractivity contribution in [3.05, 3.63) is 16.8 Å². The highest BCUT2D eigenvalue weighted by Gasteiger charge is 2.39. The van der Waals surface area contributed by atoms with Gasteiger partial charge < -0.3 is 14.7 Å². The second kappa shape index (κ2) is 7.16. The van der Waals surface area contributed by atoms with Gasteiger partial charge >= 0.3 is 0 Å². The van der Waals surface area contributed by atoms with Gasteiger partial charge in [-0.3, -0.25) is 0 Å². The number of sulfonamides is 1. The minimum absolute atomic E-state index is 0.208. The first-order valence-corrected chi connectivity index (χ1v) is 10.4. The van der Waals surface area contributed by atoms with Crippen LogP contribution in [0.1, 0.15) is 19.8 Å². The Hall–Kier alpha value is -0.510.